The predicted octanol–water partition coefficient (Wildman–Crippen LogP) is 3.66. The van der Waals surface area contributed by atoms with Gasteiger partial charge in [0.05, 0.1) is 12.6 Å². The van der Waals surface area contributed by atoms with E-state index in [1.165, 1.54) is 23.8 Å². The van der Waals surface area contributed by atoms with E-state index in [0.29, 0.717) is 21.3 Å². The quantitative estimate of drug-likeness (QED) is 0.764. The molecule has 0 saturated heterocycles. The fourth-order valence-electron chi connectivity index (χ4n) is 2.24. The minimum absolute atomic E-state index is 0.0189. The van der Waals surface area contributed by atoms with E-state index in [4.69, 9.17) is 10.5 Å². The molecule has 4 nitrogen and oxygen atoms in total. The molecule has 3 rings (SSSR count). The average Bonchev–Trinajstić information content (AvgIpc) is 2.74. The van der Waals surface area contributed by atoms with Gasteiger partial charge >= 0.3 is 0 Å². The number of nitrogens with two attached hydrogens (primary N) is 1. The van der Waals surface area contributed by atoms with Gasteiger partial charge in [-0.1, -0.05) is 22.0 Å². The number of nitrogens with zero attached hydrogens (tertiary/aromatic N) is 2. The van der Waals surface area contributed by atoms with Crippen LogP contribution < -0.4 is 10.5 Å². The summed E-state index contributed by atoms with van der Waals surface area (Å²) in [6.45, 7) is 0. The molecule has 0 saturated carbocycles. The molecule has 1 aromatic heterocycles. The van der Waals surface area contributed by atoms with Crippen LogP contribution >= 0.6 is 15.9 Å². The van der Waals surface area contributed by atoms with E-state index in [2.05, 4.69) is 20.9 Å². The van der Waals surface area contributed by atoms with Crippen LogP contribution in [0, 0.1) is 11.6 Å². The fraction of sp³-hybridized carbons (Fsp3) is 0.0714. The summed E-state index contributed by atoms with van der Waals surface area (Å²) in [6, 6.07) is 7.41. The average molecular weight is 354 g/mol. The number of aromatic nitrogens is 2. The first-order chi connectivity index (χ1) is 10.0. The van der Waals surface area contributed by atoms with Crippen LogP contribution in [-0.2, 0) is 0 Å². The van der Waals surface area contributed by atoms with Crippen molar-refractivity contribution in [3.8, 4) is 11.4 Å². The molecule has 0 atom stereocenters. The number of methoxy groups -OCH3 is 1. The molecule has 0 amide bonds. The molecule has 0 bridgehead atoms. The van der Waals surface area contributed by atoms with Crippen LogP contribution in [0.15, 0.2) is 34.8 Å². The van der Waals surface area contributed by atoms with Gasteiger partial charge in [-0.05, 0) is 24.3 Å². The molecular weight excluding hydrogens is 344 g/mol. The first-order valence-electron chi connectivity index (χ1n) is 5.98. The number of imidazole rings is 1. The van der Waals surface area contributed by atoms with Gasteiger partial charge in [-0.3, -0.25) is 4.57 Å². The molecule has 0 unspecified atom stereocenters. The Balaban J connectivity index is 2.39. The summed E-state index contributed by atoms with van der Waals surface area (Å²) in [5.74, 6) is -1.02. The number of para-hydroxylation sites is 1. The van der Waals surface area contributed by atoms with E-state index < -0.39 is 11.6 Å². The summed E-state index contributed by atoms with van der Waals surface area (Å²) in [5.41, 5.74) is 6.47. The van der Waals surface area contributed by atoms with E-state index in [9.17, 15) is 8.78 Å². The number of fused-ring (bicyclic) bond motifs is 1. The molecule has 0 spiro atoms. The lowest BCUT2D eigenvalue weighted by Crippen LogP contribution is -2.05. The number of nitrogen functional groups attached to an aromatic ring is 1. The monoisotopic (exact) mass is 353 g/mol. The van der Waals surface area contributed by atoms with Crippen LogP contribution in [-0.4, -0.2) is 16.7 Å². The zero-order valence-corrected chi connectivity index (χ0v) is 12.5. The molecule has 2 N–H and O–H groups in total. The van der Waals surface area contributed by atoms with Crippen LogP contribution in [0.5, 0.6) is 5.75 Å². The number of hydrogen-bond acceptors (Lipinski definition) is 3. The minimum Gasteiger partial charge on any atom is -0.494 e. The van der Waals surface area contributed by atoms with Crippen molar-refractivity contribution in [2.75, 3.05) is 12.8 Å². The van der Waals surface area contributed by atoms with Gasteiger partial charge in [0.25, 0.3) is 0 Å². The lowest BCUT2D eigenvalue weighted by molar-refractivity contribution is 0.419. The van der Waals surface area contributed by atoms with Gasteiger partial charge in [0.15, 0.2) is 11.6 Å². The Kier molecular flexibility index (Phi) is 3.29. The van der Waals surface area contributed by atoms with E-state index in [1.54, 1.807) is 18.2 Å². The standard InChI is InChI=1S/C14H10BrF2N3O/c1-21-11-4-2-3-10-12(11)19-14(18)20(10)13-8(16)5-7(15)6-9(13)17/h2-6H,1H3,(H2,18,19). The van der Waals surface area contributed by atoms with Crippen molar-refractivity contribution in [2.24, 2.45) is 0 Å². The number of halogens is 3. The van der Waals surface area contributed by atoms with E-state index in [1.807, 2.05) is 0 Å². The highest BCUT2D eigenvalue weighted by Gasteiger charge is 2.20. The van der Waals surface area contributed by atoms with Crippen LogP contribution in [0.25, 0.3) is 16.7 Å². The highest BCUT2D eigenvalue weighted by atomic mass is 79.9. The number of ether oxygens (including phenoxy) is 1. The molecule has 0 fully saturated rings. The number of hydrogen-bond donors (Lipinski definition) is 1. The summed E-state index contributed by atoms with van der Waals surface area (Å²) in [5, 5.41) is 0. The summed E-state index contributed by atoms with van der Waals surface area (Å²) < 4.78 is 35.0. The Labute approximate surface area is 127 Å². The Morgan fingerprint density at radius 3 is 2.52 bits per heavy atom. The zero-order chi connectivity index (χ0) is 15.1. The van der Waals surface area contributed by atoms with Crippen LogP contribution in [0.3, 0.4) is 0 Å². The molecule has 0 aliphatic rings. The molecular formula is C14H10BrF2N3O. The second-order valence-corrected chi connectivity index (χ2v) is 5.27. The Morgan fingerprint density at radius 2 is 1.90 bits per heavy atom. The van der Waals surface area contributed by atoms with Gasteiger partial charge in [-0.2, -0.15) is 0 Å². The third-order valence-electron chi connectivity index (χ3n) is 3.10. The number of rotatable bonds is 2. The molecule has 0 aliphatic heterocycles. The molecule has 1 heterocycles. The normalized spacial score (nSPS) is 11.0. The van der Waals surface area contributed by atoms with Crippen LogP contribution in [0.1, 0.15) is 0 Å². The first kappa shape index (κ1) is 13.8. The van der Waals surface area contributed by atoms with Crippen molar-refractivity contribution in [3.05, 3.63) is 46.4 Å². The van der Waals surface area contributed by atoms with E-state index in [-0.39, 0.29) is 11.6 Å². The van der Waals surface area contributed by atoms with Gasteiger partial charge in [0, 0.05) is 4.47 Å². The topological polar surface area (TPSA) is 53.1 Å². The van der Waals surface area contributed by atoms with Crippen molar-refractivity contribution in [1.29, 1.82) is 0 Å². The third-order valence-corrected chi connectivity index (χ3v) is 3.56. The number of anilines is 1. The minimum atomic E-state index is -0.740. The number of benzene rings is 2. The van der Waals surface area contributed by atoms with Crippen molar-refractivity contribution >= 4 is 32.9 Å². The maximum absolute atomic E-state index is 14.2. The molecule has 2 aromatic carbocycles. The second-order valence-electron chi connectivity index (χ2n) is 4.35. The highest BCUT2D eigenvalue weighted by molar-refractivity contribution is 9.10. The molecule has 108 valence electrons. The summed E-state index contributed by atoms with van der Waals surface area (Å²) >= 11 is 3.05. The summed E-state index contributed by atoms with van der Waals surface area (Å²) in [6.07, 6.45) is 0. The van der Waals surface area contributed by atoms with Crippen LogP contribution in [0.2, 0.25) is 0 Å². The lowest BCUT2D eigenvalue weighted by atomic mass is 10.2. The highest BCUT2D eigenvalue weighted by Crippen LogP contribution is 2.32. The molecule has 0 radical (unpaired) electrons. The van der Waals surface area contributed by atoms with Gasteiger partial charge < -0.3 is 10.5 Å². The SMILES string of the molecule is COc1cccc2c1nc(N)n2-c1c(F)cc(Br)cc1F. The van der Waals surface area contributed by atoms with E-state index in [0.717, 1.165) is 0 Å². The van der Waals surface area contributed by atoms with E-state index >= 15 is 0 Å². The van der Waals surface area contributed by atoms with Crippen molar-refractivity contribution in [1.82, 2.24) is 9.55 Å². The first-order valence-corrected chi connectivity index (χ1v) is 6.78. The predicted molar refractivity (Wildman–Crippen MR) is 79.7 cm³/mol. The summed E-state index contributed by atoms with van der Waals surface area (Å²) in [4.78, 5) is 4.14. The van der Waals surface area contributed by atoms with Crippen molar-refractivity contribution in [2.45, 2.75) is 0 Å². The largest absolute Gasteiger partial charge is 0.494 e. The lowest BCUT2D eigenvalue weighted by Gasteiger charge is -2.10. The zero-order valence-electron chi connectivity index (χ0n) is 10.9. The second kappa shape index (κ2) is 5.00. The third kappa shape index (κ3) is 2.13. The van der Waals surface area contributed by atoms with Gasteiger partial charge in [-0.25, -0.2) is 13.8 Å². The smallest absolute Gasteiger partial charge is 0.206 e. The van der Waals surface area contributed by atoms with Gasteiger partial charge in [0.1, 0.15) is 17.0 Å². The van der Waals surface area contributed by atoms with Gasteiger partial charge in [-0.15, -0.1) is 0 Å². The maximum Gasteiger partial charge on any atom is 0.206 e. The van der Waals surface area contributed by atoms with Crippen LogP contribution in [0.4, 0.5) is 14.7 Å². The molecule has 3 aromatic rings. The Bertz CT molecular complexity index is 825. The molecule has 21 heavy (non-hydrogen) atoms. The van der Waals surface area contributed by atoms with Gasteiger partial charge in [0.2, 0.25) is 5.95 Å². The Morgan fingerprint density at radius 1 is 1.24 bits per heavy atom. The maximum atomic E-state index is 14.2. The molecule has 0 aliphatic carbocycles. The summed E-state index contributed by atoms with van der Waals surface area (Å²) in [7, 11) is 1.49. The molecule has 7 heteroatoms. The fourth-order valence-corrected chi connectivity index (χ4v) is 2.64. The van der Waals surface area contributed by atoms with Crippen molar-refractivity contribution in [3.63, 3.8) is 0 Å². The Hall–Kier alpha value is -2.15. The van der Waals surface area contributed by atoms with Crippen molar-refractivity contribution < 1.29 is 13.5 Å².